The van der Waals surface area contributed by atoms with Gasteiger partial charge in [-0.25, -0.2) is 9.97 Å². The minimum Gasteiger partial charge on any atom is -0.218 e. The van der Waals surface area contributed by atoms with Crippen molar-refractivity contribution >= 4 is 64.8 Å². The molecule has 0 fully saturated rings. The molecule has 0 bridgehead atoms. The van der Waals surface area contributed by atoms with Crippen LogP contribution >= 0.6 is 22.9 Å². The van der Waals surface area contributed by atoms with E-state index in [9.17, 15) is 0 Å². The van der Waals surface area contributed by atoms with Gasteiger partial charge in [0.2, 0.25) is 5.28 Å². The van der Waals surface area contributed by atoms with Gasteiger partial charge in [0.1, 0.15) is 0 Å². The Labute approximate surface area is 170 Å². The number of rotatable bonds is 1. The maximum absolute atomic E-state index is 6.20. The first-order chi connectivity index (χ1) is 13.8. The molecule has 2 heterocycles. The lowest BCUT2D eigenvalue weighted by molar-refractivity contribution is 1.23. The highest BCUT2D eigenvalue weighted by Gasteiger charge is 2.12. The molecule has 0 saturated carbocycles. The van der Waals surface area contributed by atoms with Gasteiger partial charge in [0.25, 0.3) is 0 Å². The van der Waals surface area contributed by atoms with Gasteiger partial charge in [-0.15, -0.1) is 11.3 Å². The Morgan fingerprint density at radius 1 is 0.643 bits per heavy atom. The molecule has 0 N–H and O–H groups in total. The second kappa shape index (κ2) is 5.99. The van der Waals surface area contributed by atoms with Crippen molar-refractivity contribution in [1.29, 1.82) is 0 Å². The van der Waals surface area contributed by atoms with E-state index in [1.165, 1.54) is 30.9 Å². The van der Waals surface area contributed by atoms with Crippen LogP contribution in [0.3, 0.4) is 0 Å². The average molecular weight is 397 g/mol. The summed E-state index contributed by atoms with van der Waals surface area (Å²) in [4.78, 5) is 8.88. The Kier molecular flexibility index (Phi) is 3.42. The largest absolute Gasteiger partial charge is 0.223 e. The Morgan fingerprint density at radius 2 is 1.39 bits per heavy atom. The molecule has 0 aliphatic carbocycles. The summed E-state index contributed by atoms with van der Waals surface area (Å²) in [5, 5.41) is 6.41. The second-order valence-electron chi connectivity index (χ2n) is 6.87. The quantitative estimate of drug-likeness (QED) is 0.269. The molecule has 4 aromatic carbocycles. The van der Waals surface area contributed by atoms with Crippen molar-refractivity contribution in [2.45, 2.75) is 0 Å². The zero-order valence-corrected chi connectivity index (χ0v) is 16.3. The van der Waals surface area contributed by atoms with Crippen molar-refractivity contribution < 1.29 is 0 Å². The summed E-state index contributed by atoms with van der Waals surface area (Å²) in [6, 6.07) is 27.6. The molecule has 0 spiro atoms. The third-order valence-corrected chi connectivity index (χ3v) is 6.47. The van der Waals surface area contributed by atoms with Crippen molar-refractivity contribution in [3.05, 3.63) is 84.1 Å². The first-order valence-electron chi connectivity index (χ1n) is 9.04. The molecular weight excluding hydrogens is 384 g/mol. The molecular formula is C24H13ClN2S. The first kappa shape index (κ1) is 16.0. The van der Waals surface area contributed by atoms with Crippen LogP contribution in [0.1, 0.15) is 0 Å². The smallest absolute Gasteiger partial charge is 0.218 e. The topological polar surface area (TPSA) is 25.8 Å². The Morgan fingerprint density at radius 3 is 2.29 bits per heavy atom. The van der Waals surface area contributed by atoms with Crippen molar-refractivity contribution in [1.82, 2.24) is 9.97 Å². The molecule has 28 heavy (non-hydrogen) atoms. The molecule has 0 radical (unpaired) electrons. The number of aromatic nitrogens is 2. The minimum absolute atomic E-state index is 0.274. The van der Waals surface area contributed by atoms with E-state index in [0.29, 0.717) is 0 Å². The normalized spacial score (nSPS) is 11.8. The van der Waals surface area contributed by atoms with E-state index < -0.39 is 0 Å². The standard InChI is InChI=1S/C24H13ClN2S/c25-24-26-20-8-4-3-7-18(20)23(27-24)16-9-10-17-19-11-14-5-1-2-6-15(14)12-22(19)28-21(17)13-16/h1-13H. The van der Waals surface area contributed by atoms with Crippen LogP contribution in [0.4, 0.5) is 0 Å². The van der Waals surface area contributed by atoms with Crippen LogP contribution in [0.2, 0.25) is 5.28 Å². The number of para-hydroxylation sites is 1. The van der Waals surface area contributed by atoms with E-state index in [1.807, 2.05) is 35.6 Å². The third-order valence-electron chi connectivity index (χ3n) is 5.19. The van der Waals surface area contributed by atoms with Gasteiger partial charge in [-0.1, -0.05) is 54.6 Å². The van der Waals surface area contributed by atoms with Gasteiger partial charge >= 0.3 is 0 Å². The number of nitrogens with zero attached hydrogens (tertiary/aromatic N) is 2. The summed E-state index contributed by atoms with van der Waals surface area (Å²) in [5.74, 6) is 0. The van der Waals surface area contributed by atoms with E-state index in [-0.39, 0.29) is 5.28 Å². The molecule has 132 valence electrons. The molecule has 6 rings (SSSR count). The highest BCUT2D eigenvalue weighted by molar-refractivity contribution is 7.25. The summed E-state index contributed by atoms with van der Waals surface area (Å²) in [5.41, 5.74) is 2.80. The fourth-order valence-electron chi connectivity index (χ4n) is 3.88. The lowest BCUT2D eigenvalue weighted by atomic mass is 10.0. The van der Waals surface area contributed by atoms with Crippen LogP contribution < -0.4 is 0 Å². The first-order valence-corrected chi connectivity index (χ1v) is 10.2. The van der Waals surface area contributed by atoms with E-state index in [4.69, 9.17) is 11.6 Å². The molecule has 0 aliphatic rings. The van der Waals surface area contributed by atoms with Crippen LogP contribution in [0.5, 0.6) is 0 Å². The molecule has 0 unspecified atom stereocenters. The van der Waals surface area contributed by atoms with E-state index >= 15 is 0 Å². The zero-order chi connectivity index (χ0) is 18.7. The lowest BCUT2D eigenvalue weighted by Gasteiger charge is -2.06. The summed E-state index contributed by atoms with van der Waals surface area (Å²) < 4.78 is 2.55. The summed E-state index contributed by atoms with van der Waals surface area (Å²) in [7, 11) is 0. The predicted octanol–water partition coefficient (Wildman–Crippen LogP) is 7.47. The van der Waals surface area contributed by atoms with E-state index in [0.717, 1.165) is 22.2 Å². The van der Waals surface area contributed by atoms with Gasteiger partial charge in [0.15, 0.2) is 0 Å². The second-order valence-corrected chi connectivity index (χ2v) is 8.29. The maximum atomic E-state index is 6.20. The summed E-state index contributed by atoms with van der Waals surface area (Å²) in [6.45, 7) is 0. The van der Waals surface area contributed by atoms with Crippen LogP contribution in [0.15, 0.2) is 78.9 Å². The third kappa shape index (κ3) is 2.40. The minimum atomic E-state index is 0.274. The Bertz CT molecular complexity index is 1530. The van der Waals surface area contributed by atoms with Crippen LogP contribution in [-0.2, 0) is 0 Å². The molecule has 0 atom stereocenters. The highest BCUT2D eigenvalue weighted by Crippen LogP contribution is 2.39. The number of hydrogen-bond donors (Lipinski definition) is 0. The highest BCUT2D eigenvalue weighted by atomic mass is 35.5. The molecule has 0 aliphatic heterocycles. The van der Waals surface area contributed by atoms with Crippen LogP contribution in [0, 0.1) is 0 Å². The zero-order valence-electron chi connectivity index (χ0n) is 14.7. The average Bonchev–Trinajstić information content (AvgIpc) is 3.08. The molecule has 4 heteroatoms. The number of thiophene rings is 1. The van der Waals surface area contributed by atoms with E-state index in [2.05, 4.69) is 64.6 Å². The Balaban J connectivity index is 1.63. The van der Waals surface area contributed by atoms with Gasteiger partial charge in [0.05, 0.1) is 11.2 Å². The fraction of sp³-hybridized carbons (Fsp3) is 0. The van der Waals surface area contributed by atoms with Gasteiger partial charge in [-0.05, 0) is 46.6 Å². The summed E-state index contributed by atoms with van der Waals surface area (Å²) in [6.07, 6.45) is 0. The molecule has 2 aromatic heterocycles. The molecule has 0 saturated heterocycles. The number of fused-ring (bicyclic) bond motifs is 5. The van der Waals surface area contributed by atoms with E-state index in [1.54, 1.807) is 0 Å². The fourth-order valence-corrected chi connectivity index (χ4v) is 5.23. The Hall–Kier alpha value is -3.01. The van der Waals surface area contributed by atoms with Gasteiger partial charge in [0, 0.05) is 31.1 Å². The number of hydrogen-bond acceptors (Lipinski definition) is 3. The maximum Gasteiger partial charge on any atom is 0.223 e. The number of benzene rings is 4. The number of halogens is 1. The van der Waals surface area contributed by atoms with Crippen molar-refractivity contribution in [2.75, 3.05) is 0 Å². The molecule has 2 nitrogen and oxygen atoms in total. The summed E-state index contributed by atoms with van der Waals surface area (Å²) >= 11 is 8.01. The lowest BCUT2D eigenvalue weighted by Crippen LogP contribution is -1.90. The van der Waals surface area contributed by atoms with Crippen molar-refractivity contribution in [2.24, 2.45) is 0 Å². The van der Waals surface area contributed by atoms with Crippen molar-refractivity contribution in [3.63, 3.8) is 0 Å². The molecule has 0 amide bonds. The predicted molar refractivity (Wildman–Crippen MR) is 120 cm³/mol. The molecule has 6 aromatic rings. The van der Waals surface area contributed by atoms with Gasteiger partial charge in [-0.3, -0.25) is 0 Å². The monoisotopic (exact) mass is 396 g/mol. The SMILES string of the molecule is Clc1nc(-c2ccc3c(c2)sc2cc4ccccc4cc23)c2ccccc2n1. The van der Waals surface area contributed by atoms with Gasteiger partial charge < -0.3 is 0 Å². The van der Waals surface area contributed by atoms with Crippen LogP contribution in [0.25, 0.3) is 53.1 Å². The van der Waals surface area contributed by atoms with Gasteiger partial charge in [-0.2, -0.15) is 0 Å². The van der Waals surface area contributed by atoms with Crippen molar-refractivity contribution in [3.8, 4) is 11.3 Å². The van der Waals surface area contributed by atoms with Crippen LogP contribution in [-0.4, -0.2) is 9.97 Å².